The van der Waals surface area contributed by atoms with Crippen LogP contribution in [0.15, 0.2) is 36.4 Å². The predicted molar refractivity (Wildman–Crippen MR) is 130 cm³/mol. The normalized spacial score (nSPS) is 11.9. The van der Waals surface area contributed by atoms with Gasteiger partial charge in [0.05, 0.1) is 17.7 Å². The first-order valence-corrected chi connectivity index (χ1v) is 11.2. The van der Waals surface area contributed by atoms with Crippen LogP contribution in [0.25, 0.3) is 10.9 Å². The molecule has 0 bridgehead atoms. The number of aromatic nitrogens is 2. The lowest BCUT2D eigenvalue weighted by Gasteiger charge is -2.20. The molecule has 0 aliphatic rings. The Labute approximate surface area is 207 Å². The predicted octanol–water partition coefficient (Wildman–Crippen LogP) is 5.94. The average Bonchev–Trinajstić information content (AvgIpc) is 2.75. The molecular weight excluding hydrogens is 477 g/mol. The van der Waals surface area contributed by atoms with Crippen LogP contribution >= 0.6 is 0 Å². The Bertz CT molecular complexity index is 1230. The molecule has 36 heavy (non-hydrogen) atoms. The standard InChI is InChI=1S/C25H29F3N4O4/c1-15-30-21-13-19(35-9-8-34-5)6-7-20(21)22(31-15)29-14-16-10-17(25(26,27)28)12-18(11-16)32-23(33)36-24(2,3)4/h6-7,10-13H,8-9,14H2,1-5H3,(H,32,33)(H,29,30,31). The first kappa shape index (κ1) is 27.0. The first-order chi connectivity index (χ1) is 16.8. The number of hydrogen-bond donors (Lipinski definition) is 2. The summed E-state index contributed by atoms with van der Waals surface area (Å²) in [5, 5.41) is 6.15. The number of hydrogen-bond acceptors (Lipinski definition) is 7. The van der Waals surface area contributed by atoms with E-state index in [4.69, 9.17) is 14.2 Å². The summed E-state index contributed by atoms with van der Waals surface area (Å²) in [6.07, 6.45) is -5.45. The van der Waals surface area contributed by atoms with Crippen LogP contribution in [0.5, 0.6) is 5.75 Å². The Morgan fingerprint density at radius 3 is 2.44 bits per heavy atom. The van der Waals surface area contributed by atoms with Gasteiger partial charge in [-0.1, -0.05) is 0 Å². The summed E-state index contributed by atoms with van der Waals surface area (Å²) in [6.45, 7) is 7.55. The quantitative estimate of drug-likeness (QED) is 0.365. The number of nitrogens with zero attached hydrogens (tertiary/aromatic N) is 2. The van der Waals surface area contributed by atoms with Gasteiger partial charge in [0.2, 0.25) is 0 Å². The van der Waals surface area contributed by atoms with Crippen molar-refractivity contribution >= 4 is 28.5 Å². The molecule has 0 radical (unpaired) electrons. The van der Waals surface area contributed by atoms with Crippen molar-refractivity contribution in [2.75, 3.05) is 31.0 Å². The summed E-state index contributed by atoms with van der Waals surface area (Å²) in [5.74, 6) is 1.55. The van der Waals surface area contributed by atoms with Crippen molar-refractivity contribution in [3.8, 4) is 5.75 Å². The Balaban J connectivity index is 1.85. The molecule has 1 amide bonds. The molecule has 0 atom stereocenters. The second-order valence-corrected chi connectivity index (χ2v) is 9.04. The SMILES string of the molecule is COCCOc1ccc2c(NCc3cc(NC(=O)OC(C)(C)C)cc(C(F)(F)F)c3)nc(C)nc2c1. The van der Waals surface area contributed by atoms with Crippen LogP contribution in [0.3, 0.4) is 0 Å². The third-order valence-electron chi connectivity index (χ3n) is 4.76. The third kappa shape index (κ3) is 7.70. The average molecular weight is 507 g/mol. The van der Waals surface area contributed by atoms with E-state index in [1.807, 2.05) is 0 Å². The smallest absolute Gasteiger partial charge is 0.416 e. The maximum atomic E-state index is 13.5. The molecule has 0 aliphatic carbocycles. The van der Waals surface area contributed by atoms with Gasteiger partial charge in [-0.25, -0.2) is 14.8 Å². The highest BCUT2D eigenvalue weighted by Crippen LogP contribution is 2.33. The Morgan fingerprint density at radius 1 is 1.03 bits per heavy atom. The molecule has 0 unspecified atom stereocenters. The van der Waals surface area contributed by atoms with E-state index in [-0.39, 0.29) is 12.2 Å². The highest BCUT2D eigenvalue weighted by atomic mass is 19.4. The highest BCUT2D eigenvalue weighted by molar-refractivity contribution is 5.90. The van der Waals surface area contributed by atoms with Gasteiger partial charge in [-0.2, -0.15) is 13.2 Å². The first-order valence-electron chi connectivity index (χ1n) is 11.2. The number of alkyl halides is 3. The summed E-state index contributed by atoms with van der Waals surface area (Å²) in [6, 6.07) is 8.63. The number of anilines is 2. The van der Waals surface area contributed by atoms with Crippen LogP contribution in [-0.4, -0.2) is 42.0 Å². The van der Waals surface area contributed by atoms with Crippen molar-refractivity contribution in [1.82, 2.24) is 9.97 Å². The largest absolute Gasteiger partial charge is 0.491 e. The molecule has 0 spiro atoms. The number of methoxy groups -OCH3 is 1. The van der Waals surface area contributed by atoms with Crippen molar-refractivity contribution in [3.63, 3.8) is 0 Å². The molecule has 1 aromatic heterocycles. The van der Waals surface area contributed by atoms with Crippen LogP contribution < -0.4 is 15.4 Å². The number of rotatable bonds is 8. The van der Waals surface area contributed by atoms with E-state index in [0.29, 0.717) is 47.1 Å². The number of carbonyl (C=O) groups excluding carboxylic acids is 1. The van der Waals surface area contributed by atoms with E-state index in [1.165, 1.54) is 6.07 Å². The third-order valence-corrected chi connectivity index (χ3v) is 4.76. The summed E-state index contributed by atoms with van der Waals surface area (Å²) in [7, 11) is 1.58. The van der Waals surface area contributed by atoms with E-state index in [9.17, 15) is 18.0 Å². The number of halogens is 3. The maximum absolute atomic E-state index is 13.5. The summed E-state index contributed by atoms with van der Waals surface area (Å²) in [5.41, 5.74) is -0.806. The van der Waals surface area contributed by atoms with Gasteiger partial charge in [0.15, 0.2) is 0 Å². The fourth-order valence-electron chi connectivity index (χ4n) is 3.33. The number of fused-ring (bicyclic) bond motifs is 1. The summed E-state index contributed by atoms with van der Waals surface area (Å²) in [4.78, 5) is 20.9. The number of aryl methyl sites for hydroxylation is 1. The number of nitrogens with one attached hydrogen (secondary N) is 2. The van der Waals surface area contributed by atoms with Crippen LogP contribution in [-0.2, 0) is 22.2 Å². The second-order valence-electron chi connectivity index (χ2n) is 9.04. The van der Waals surface area contributed by atoms with E-state index >= 15 is 0 Å². The number of carbonyl (C=O) groups is 1. The zero-order valence-corrected chi connectivity index (χ0v) is 20.7. The molecular formula is C25H29F3N4O4. The molecule has 194 valence electrons. The van der Waals surface area contributed by atoms with Crippen molar-refractivity contribution in [3.05, 3.63) is 53.3 Å². The molecule has 2 aromatic carbocycles. The number of amides is 1. The van der Waals surface area contributed by atoms with E-state index in [0.717, 1.165) is 12.1 Å². The number of ether oxygens (including phenoxy) is 3. The molecule has 8 nitrogen and oxygen atoms in total. The molecule has 3 rings (SSSR count). The lowest BCUT2D eigenvalue weighted by Crippen LogP contribution is -2.27. The fraction of sp³-hybridized carbons (Fsp3) is 0.400. The van der Waals surface area contributed by atoms with Crippen LogP contribution in [0.2, 0.25) is 0 Å². The monoisotopic (exact) mass is 506 g/mol. The van der Waals surface area contributed by atoms with Gasteiger partial charge in [-0.05, 0) is 63.6 Å². The Morgan fingerprint density at radius 2 is 1.78 bits per heavy atom. The molecule has 1 heterocycles. The van der Waals surface area contributed by atoms with Crippen molar-refractivity contribution in [2.45, 2.75) is 46.0 Å². The second kappa shape index (κ2) is 11.0. The lowest BCUT2D eigenvalue weighted by molar-refractivity contribution is -0.137. The molecule has 0 fully saturated rings. The Kier molecular flexibility index (Phi) is 8.24. The van der Waals surface area contributed by atoms with Gasteiger partial charge in [0.1, 0.15) is 29.6 Å². The zero-order chi connectivity index (χ0) is 26.5. The van der Waals surface area contributed by atoms with Gasteiger partial charge in [-0.15, -0.1) is 0 Å². The van der Waals surface area contributed by atoms with E-state index in [2.05, 4.69) is 20.6 Å². The molecule has 0 saturated heterocycles. The minimum Gasteiger partial charge on any atom is -0.491 e. The van der Waals surface area contributed by atoms with Gasteiger partial charge in [0, 0.05) is 30.8 Å². The van der Waals surface area contributed by atoms with Crippen molar-refractivity contribution in [1.29, 1.82) is 0 Å². The lowest BCUT2D eigenvalue weighted by atomic mass is 10.1. The highest BCUT2D eigenvalue weighted by Gasteiger charge is 2.31. The molecule has 2 N–H and O–H groups in total. The van der Waals surface area contributed by atoms with Crippen LogP contribution in [0, 0.1) is 6.92 Å². The zero-order valence-electron chi connectivity index (χ0n) is 20.7. The molecule has 3 aromatic rings. The van der Waals surface area contributed by atoms with Crippen molar-refractivity contribution < 1.29 is 32.2 Å². The van der Waals surface area contributed by atoms with Gasteiger partial charge < -0.3 is 19.5 Å². The van der Waals surface area contributed by atoms with E-state index in [1.54, 1.807) is 53.0 Å². The minimum absolute atomic E-state index is 0.0184. The van der Waals surface area contributed by atoms with Crippen LogP contribution in [0.1, 0.15) is 37.7 Å². The fourth-order valence-corrected chi connectivity index (χ4v) is 3.33. The summed E-state index contributed by atoms with van der Waals surface area (Å²) < 4.78 is 56.3. The number of benzene rings is 2. The topological polar surface area (TPSA) is 94.6 Å². The van der Waals surface area contributed by atoms with Gasteiger partial charge in [0.25, 0.3) is 0 Å². The van der Waals surface area contributed by atoms with Crippen LogP contribution in [0.4, 0.5) is 29.5 Å². The van der Waals surface area contributed by atoms with Crippen molar-refractivity contribution in [2.24, 2.45) is 0 Å². The molecule has 0 saturated carbocycles. The molecule has 0 aliphatic heterocycles. The Hall–Kier alpha value is -3.60. The molecule has 11 heteroatoms. The minimum atomic E-state index is -4.60. The van der Waals surface area contributed by atoms with Gasteiger partial charge in [-0.3, -0.25) is 5.32 Å². The summed E-state index contributed by atoms with van der Waals surface area (Å²) >= 11 is 0. The maximum Gasteiger partial charge on any atom is 0.416 e. The van der Waals surface area contributed by atoms with E-state index < -0.39 is 23.4 Å². The van der Waals surface area contributed by atoms with Gasteiger partial charge >= 0.3 is 12.3 Å².